The number of fused-ring (bicyclic) bond motifs is 1. The van der Waals surface area contributed by atoms with Crippen molar-refractivity contribution in [2.75, 3.05) is 26.0 Å². The molecule has 9 nitrogen and oxygen atoms in total. The zero-order chi connectivity index (χ0) is 24.2. The van der Waals surface area contributed by atoms with Crippen LogP contribution < -0.4 is 15.2 Å². The number of nitrogens with one attached hydrogen (secondary N) is 1. The Labute approximate surface area is 198 Å². The van der Waals surface area contributed by atoms with Gasteiger partial charge >= 0.3 is 0 Å². The fourth-order valence-corrected chi connectivity index (χ4v) is 4.24. The number of halogens is 1. The zero-order valence-electron chi connectivity index (χ0n) is 18.8. The number of rotatable bonds is 10. The van der Waals surface area contributed by atoms with Crippen molar-refractivity contribution in [3.05, 3.63) is 47.2 Å². The second-order valence-corrected chi connectivity index (χ2v) is 9.79. The number of hydrogen-bond donors (Lipinski definition) is 2. The summed E-state index contributed by atoms with van der Waals surface area (Å²) >= 11 is 6.03. The molecule has 0 spiro atoms. The van der Waals surface area contributed by atoms with Gasteiger partial charge in [-0.2, -0.15) is 0 Å². The molecular formula is C22H28ClN5O4S. The molecule has 3 N–H and O–H groups in total. The van der Waals surface area contributed by atoms with Gasteiger partial charge in [0, 0.05) is 11.6 Å². The van der Waals surface area contributed by atoms with E-state index in [4.69, 9.17) is 21.5 Å². The Morgan fingerprint density at radius 1 is 1.27 bits per heavy atom. The summed E-state index contributed by atoms with van der Waals surface area (Å²) in [6.07, 6.45) is 1.93. The Kier molecular flexibility index (Phi) is 7.96. The van der Waals surface area contributed by atoms with Gasteiger partial charge in [0.1, 0.15) is 11.6 Å². The molecule has 0 radical (unpaired) electrons. The van der Waals surface area contributed by atoms with Crippen LogP contribution in [0, 0.1) is 0 Å². The first-order valence-electron chi connectivity index (χ1n) is 10.5. The summed E-state index contributed by atoms with van der Waals surface area (Å²) in [6.45, 7) is 3.33. The van der Waals surface area contributed by atoms with Crippen molar-refractivity contribution in [2.45, 2.75) is 37.8 Å². The van der Waals surface area contributed by atoms with Crippen LogP contribution in [0.5, 0.6) is 5.75 Å². The van der Waals surface area contributed by atoms with E-state index in [-0.39, 0.29) is 17.3 Å². The average Bonchev–Trinajstić information content (AvgIpc) is 3.07. The molecule has 0 saturated carbocycles. The maximum atomic E-state index is 12.6. The quantitative estimate of drug-likeness (QED) is 0.447. The summed E-state index contributed by atoms with van der Waals surface area (Å²) in [5.41, 5.74) is 1.87. The molecule has 1 amide bonds. The molecule has 0 fully saturated rings. The minimum Gasteiger partial charge on any atom is -0.495 e. The third-order valence-electron chi connectivity index (χ3n) is 5.12. The zero-order valence-corrected chi connectivity index (χ0v) is 20.4. The fourth-order valence-electron chi connectivity index (χ4n) is 3.53. The Bertz CT molecular complexity index is 1260. The first-order chi connectivity index (χ1) is 15.6. The van der Waals surface area contributed by atoms with Crippen LogP contribution in [0.4, 0.5) is 5.69 Å². The number of amides is 1. The van der Waals surface area contributed by atoms with E-state index >= 15 is 0 Å². The van der Waals surface area contributed by atoms with Crippen LogP contribution >= 0.6 is 11.6 Å². The van der Waals surface area contributed by atoms with Crippen molar-refractivity contribution in [2.24, 2.45) is 5.14 Å². The van der Waals surface area contributed by atoms with Gasteiger partial charge in [0.15, 0.2) is 0 Å². The molecular weight excluding hydrogens is 466 g/mol. The summed E-state index contributed by atoms with van der Waals surface area (Å²) in [6, 6.07) is 9.69. The highest BCUT2D eigenvalue weighted by atomic mass is 35.5. The van der Waals surface area contributed by atoms with Crippen molar-refractivity contribution < 1.29 is 17.9 Å². The molecule has 178 valence electrons. The standard InChI is InChI=1S/C22H28ClN5O4S/c1-4-5-10-28-19-8-7-16(33(24,30)31)12-17(19)25-21(28)13-27(2)14-22(29)26-18-11-15(23)6-9-20(18)32-3/h6-9,11-12H,4-5,10,13-14H2,1-3H3,(H,26,29)(H2,24,30,31). The highest BCUT2D eigenvalue weighted by Crippen LogP contribution is 2.27. The van der Waals surface area contributed by atoms with E-state index < -0.39 is 10.0 Å². The minimum absolute atomic E-state index is 0.0184. The summed E-state index contributed by atoms with van der Waals surface area (Å²) in [4.78, 5) is 19.1. The van der Waals surface area contributed by atoms with Gasteiger partial charge in [-0.05, 0) is 49.9 Å². The summed E-state index contributed by atoms with van der Waals surface area (Å²) in [5, 5.41) is 8.58. The molecule has 0 aliphatic heterocycles. The number of aromatic nitrogens is 2. The number of nitrogens with two attached hydrogens (primary N) is 1. The van der Waals surface area contributed by atoms with E-state index in [2.05, 4.69) is 21.8 Å². The van der Waals surface area contributed by atoms with Crippen LogP contribution in [0.15, 0.2) is 41.3 Å². The van der Waals surface area contributed by atoms with Crippen LogP contribution in [0.25, 0.3) is 11.0 Å². The lowest BCUT2D eigenvalue weighted by atomic mass is 10.3. The van der Waals surface area contributed by atoms with Gasteiger partial charge < -0.3 is 14.6 Å². The van der Waals surface area contributed by atoms with E-state index in [0.717, 1.165) is 30.7 Å². The number of primary sulfonamides is 1. The highest BCUT2D eigenvalue weighted by Gasteiger charge is 2.17. The molecule has 0 bridgehead atoms. The molecule has 1 heterocycles. The predicted octanol–water partition coefficient (Wildman–Crippen LogP) is 3.22. The Hall–Kier alpha value is -2.66. The molecule has 33 heavy (non-hydrogen) atoms. The van der Waals surface area contributed by atoms with Crippen molar-refractivity contribution in [1.29, 1.82) is 0 Å². The number of unbranched alkanes of at least 4 members (excludes halogenated alkanes) is 1. The molecule has 0 atom stereocenters. The average molecular weight is 494 g/mol. The molecule has 2 aromatic carbocycles. The van der Waals surface area contributed by atoms with Gasteiger partial charge in [0.25, 0.3) is 0 Å². The third kappa shape index (κ3) is 6.23. The van der Waals surface area contributed by atoms with Crippen molar-refractivity contribution >= 4 is 44.3 Å². The maximum absolute atomic E-state index is 12.6. The monoisotopic (exact) mass is 493 g/mol. The minimum atomic E-state index is -3.82. The number of aryl methyl sites for hydroxylation is 1. The molecule has 3 rings (SSSR count). The number of sulfonamides is 1. The Morgan fingerprint density at radius 3 is 2.70 bits per heavy atom. The van der Waals surface area contributed by atoms with Gasteiger partial charge in [0.2, 0.25) is 15.9 Å². The number of likely N-dealkylation sites (N-methyl/N-ethyl adjacent to an activating group) is 1. The van der Waals surface area contributed by atoms with Crippen LogP contribution in [0.1, 0.15) is 25.6 Å². The van der Waals surface area contributed by atoms with E-state index in [1.807, 2.05) is 11.9 Å². The number of carbonyl (C=O) groups excluding carboxylic acids is 1. The SMILES string of the molecule is CCCCn1c(CN(C)CC(=O)Nc2cc(Cl)ccc2OC)nc2cc(S(N)(=O)=O)ccc21. The number of benzene rings is 2. The third-order valence-corrected chi connectivity index (χ3v) is 6.27. The maximum Gasteiger partial charge on any atom is 0.238 e. The second kappa shape index (κ2) is 10.5. The largest absolute Gasteiger partial charge is 0.495 e. The van der Waals surface area contributed by atoms with Gasteiger partial charge in [-0.3, -0.25) is 9.69 Å². The first-order valence-corrected chi connectivity index (χ1v) is 12.4. The van der Waals surface area contributed by atoms with Crippen molar-refractivity contribution in [3.63, 3.8) is 0 Å². The normalized spacial score (nSPS) is 11.8. The summed E-state index contributed by atoms with van der Waals surface area (Å²) < 4.78 is 30.8. The smallest absolute Gasteiger partial charge is 0.238 e. The number of anilines is 1. The van der Waals surface area contributed by atoms with E-state index in [9.17, 15) is 13.2 Å². The van der Waals surface area contributed by atoms with E-state index in [1.165, 1.54) is 19.2 Å². The molecule has 3 aromatic rings. The molecule has 0 unspecified atom stereocenters. The fraction of sp³-hybridized carbons (Fsp3) is 0.364. The number of hydrogen-bond acceptors (Lipinski definition) is 6. The lowest BCUT2D eigenvalue weighted by Gasteiger charge is -2.18. The van der Waals surface area contributed by atoms with Gasteiger partial charge in [-0.1, -0.05) is 24.9 Å². The molecule has 11 heteroatoms. The molecule has 0 aliphatic rings. The van der Waals surface area contributed by atoms with Crippen LogP contribution in [0.2, 0.25) is 5.02 Å². The first kappa shape index (κ1) is 25.0. The van der Waals surface area contributed by atoms with E-state index in [0.29, 0.717) is 28.5 Å². The number of nitrogens with zero attached hydrogens (tertiary/aromatic N) is 3. The second-order valence-electron chi connectivity index (χ2n) is 7.79. The number of methoxy groups -OCH3 is 1. The van der Waals surface area contributed by atoms with Gasteiger partial charge in [0.05, 0.1) is 41.8 Å². The predicted molar refractivity (Wildman–Crippen MR) is 129 cm³/mol. The topological polar surface area (TPSA) is 120 Å². The summed E-state index contributed by atoms with van der Waals surface area (Å²) in [7, 11) is -0.490. The number of imidazole rings is 1. The van der Waals surface area contributed by atoms with Gasteiger partial charge in [-0.15, -0.1) is 0 Å². The molecule has 1 aromatic heterocycles. The van der Waals surface area contributed by atoms with E-state index in [1.54, 1.807) is 24.3 Å². The van der Waals surface area contributed by atoms with Crippen LogP contribution in [-0.2, 0) is 27.9 Å². The Balaban J connectivity index is 1.79. The van der Waals surface area contributed by atoms with Crippen molar-refractivity contribution in [3.8, 4) is 5.75 Å². The molecule has 0 aliphatic carbocycles. The van der Waals surface area contributed by atoms with Crippen LogP contribution in [-0.4, -0.2) is 49.5 Å². The van der Waals surface area contributed by atoms with Crippen molar-refractivity contribution in [1.82, 2.24) is 14.5 Å². The number of carbonyl (C=O) groups is 1. The van der Waals surface area contributed by atoms with Gasteiger partial charge in [-0.25, -0.2) is 18.5 Å². The Morgan fingerprint density at radius 2 is 2.03 bits per heavy atom. The highest BCUT2D eigenvalue weighted by molar-refractivity contribution is 7.89. The number of ether oxygens (including phenoxy) is 1. The van der Waals surface area contributed by atoms with Crippen LogP contribution in [0.3, 0.4) is 0 Å². The summed E-state index contributed by atoms with van der Waals surface area (Å²) in [5.74, 6) is 1.02. The lowest BCUT2D eigenvalue weighted by molar-refractivity contribution is -0.117. The lowest BCUT2D eigenvalue weighted by Crippen LogP contribution is -2.31. The molecule has 0 saturated heterocycles.